The molecule has 0 aliphatic rings. The average molecular weight is 173 g/mol. The fourth-order valence-corrected chi connectivity index (χ4v) is 1.44. The molecule has 72 valence electrons. The predicted octanol–water partition coefficient (Wildman–Crippen LogP) is 1.49. The summed E-state index contributed by atoms with van der Waals surface area (Å²) in [6.45, 7) is 4.09. The first kappa shape index (κ1) is 11.4. The van der Waals surface area contributed by atoms with Crippen LogP contribution in [0.4, 0.5) is 0 Å². The van der Waals surface area contributed by atoms with Crippen LogP contribution in [0.15, 0.2) is 0 Å². The highest BCUT2D eigenvalue weighted by molar-refractivity contribution is 5.67. The van der Waals surface area contributed by atoms with Crippen LogP contribution in [0, 0.1) is 5.92 Å². The van der Waals surface area contributed by atoms with Crippen molar-refractivity contribution in [3.05, 3.63) is 0 Å². The summed E-state index contributed by atoms with van der Waals surface area (Å²) in [4.78, 5) is 10.4. The zero-order valence-electron chi connectivity index (χ0n) is 8.13. The third-order valence-corrected chi connectivity index (χ3v) is 2.15. The molecule has 0 fully saturated rings. The van der Waals surface area contributed by atoms with Crippen molar-refractivity contribution < 1.29 is 9.90 Å². The number of hydrogen-bond acceptors (Lipinski definition) is 2. The van der Waals surface area contributed by atoms with Crippen molar-refractivity contribution in [3.63, 3.8) is 0 Å². The molecule has 0 bridgehead atoms. The van der Waals surface area contributed by atoms with E-state index in [4.69, 9.17) is 5.11 Å². The van der Waals surface area contributed by atoms with Gasteiger partial charge in [-0.1, -0.05) is 20.3 Å². The number of nitrogens with one attached hydrogen (secondary N) is 1. The molecule has 0 aromatic carbocycles. The van der Waals surface area contributed by atoms with Crippen LogP contribution in [-0.2, 0) is 4.79 Å². The monoisotopic (exact) mass is 173 g/mol. The van der Waals surface area contributed by atoms with E-state index in [2.05, 4.69) is 12.2 Å². The number of carboxylic acids is 1. The van der Waals surface area contributed by atoms with E-state index in [0.717, 1.165) is 12.8 Å². The highest BCUT2D eigenvalue weighted by Gasteiger charge is 2.16. The molecule has 3 heteroatoms. The lowest BCUT2D eigenvalue weighted by atomic mass is 9.95. The molecule has 12 heavy (non-hydrogen) atoms. The normalized spacial score (nSPS) is 15.6. The summed E-state index contributed by atoms with van der Waals surface area (Å²) in [5.41, 5.74) is 0. The minimum Gasteiger partial charge on any atom is -0.481 e. The highest BCUT2D eigenvalue weighted by atomic mass is 16.4. The maximum atomic E-state index is 10.4. The summed E-state index contributed by atoms with van der Waals surface area (Å²) in [5.74, 6) is -0.494. The largest absolute Gasteiger partial charge is 0.481 e. The van der Waals surface area contributed by atoms with Gasteiger partial charge in [-0.15, -0.1) is 0 Å². The minimum atomic E-state index is -0.709. The van der Waals surface area contributed by atoms with Crippen molar-refractivity contribution in [1.29, 1.82) is 0 Å². The van der Waals surface area contributed by atoms with E-state index < -0.39 is 5.97 Å². The molecule has 2 N–H and O–H groups in total. The lowest BCUT2D eigenvalue weighted by molar-refractivity contribution is -0.138. The summed E-state index contributed by atoms with van der Waals surface area (Å²) in [6, 6.07) is 0.339. The van der Waals surface area contributed by atoms with Crippen molar-refractivity contribution in [1.82, 2.24) is 5.32 Å². The Bertz CT molecular complexity index is 136. The molecule has 2 atom stereocenters. The standard InChI is InChI=1S/C9H19NO2/c1-4-5-8(10-3)7(2)6-9(11)12/h7-8,10H,4-6H2,1-3H3,(H,11,12). The number of carboxylic acid groups (broad SMARTS) is 1. The summed E-state index contributed by atoms with van der Waals surface area (Å²) < 4.78 is 0. The van der Waals surface area contributed by atoms with Gasteiger partial charge in [-0.3, -0.25) is 4.79 Å². The zero-order chi connectivity index (χ0) is 9.56. The van der Waals surface area contributed by atoms with Gasteiger partial charge in [0, 0.05) is 12.5 Å². The smallest absolute Gasteiger partial charge is 0.303 e. The molecule has 0 amide bonds. The molecule has 2 unspecified atom stereocenters. The lowest BCUT2D eigenvalue weighted by Gasteiger charge is -2.21. The second kappa shape index (κ2) is 6.00. The Morgan fingerprint density at radius 1 is 1.58 bits per heavy atom. The third-order valence-electron chi connectivity index (χ3n) is 2.15. The Labute approximate surface area is 74.2 Å². The lowest BCUT2D eigenvalue weighted by Crippen LogP contribution is -2.33. The van der Waals surface area contributed by atoms with E-state index >= 15 is 0 Å². The van der Waals surface area contributed by atoms with Gasteiger partial charge in [0.1, 0.15) is 0 Å². The molecule has 0 radical (unpaired) electrons. The van der Waals surface area contributed by atoms with Crippen LogP contribution in [0.3, 0.4) is 0 Å². The van der Waals surface area contributed by atoms with Crippen molar-refractivity contribution in [3.8, 4) is 0 Å². The fourth-order valence-electron chi connectivity index (χ4n) is 1.44. The molecule has 0 aromatic heterocycles. The van der Waals surface area contributed by atoms with Crippen molar-refractivity contribution in [2.75, 3.05) is 7.05 Å². The highest BCUT2D eigenvalue weighted by Crippen LogP contribution is 2.12. The second-order valence-corrected chi connectivity index (χ2v) is 3.26. The summed E-state index contributed by atoms with van der Waals surface area (Å²) in [7, 11) is 1.89. The summed E-state index contributed by atoms with van der Waals surface area (Å²) in [6.07, 6.45) is 2.39. The third kappa shape index (κ3) is 4.34. The molecule has 0 aliphatic heterocycles. The van der Waals surface area contributed by atoms with Crippen LogP contribution in [-0.4, -0.2) is 24.2 Å². The van der Waals surface area contributed by atoms with Crippen LogP contribution in [0.1, 0.15) is 33.1 Å². The number of rotatable bonds is 6. The molecule has 0 saturated carbocycles. The molecule has 0 saturated heterocycles. The zero-order valence-corrected chi connectivity index (χ0v) is 8.13. The maximum absolute atomic E-state index is 10.4. The molecule has 0 heterocycles. The van der Waals surface area contributed by atoms with Crippen LogP contribution >= 0.6 is 0 Å². The fraction of sp³-hybridized carbons (Fsp3) is 0.889. The Hall–Kier alpha value is -0.570. The number of carbonyl (C=O) groups is 1. The topological polar surface area (TPSA) is 49.3 Å². The van der Waals surface area contributed by atoms with Gasteiger partial charge in [0.25, 0.3) is 0 Å². The quantitative estimate of drug-likeness (QED) is 0.639. The Morgan fingerprint density at radius 3 is 2.50 bits per heavy atom. The molecule has 0 rings (SSSR count). The van der Waals surface area contributed by atoms with Crippen LogP contribution in [0.5, 0.6) is 0 Å². The van der Waals surface area contributed by atoms with Gasteiger partial charge in [0.15, 0.2) is 0 Å². The van der Waals surface area contributed by atoms with Gasteiger partial charge in [0.05, 0.1) is 0 Å². The summed E-state index contributed by atoms with van der Waals surface area (Å²) >= 11 is 0. The Morgan fingerprint density at radius 2 is 2.17 bits per heavy atom. The Balaban J connectivity index is 3.84. The van der Waals surface area contributed by atoms with Gasteiger partial charge >= 0.3 is 5.97 Å². The molecular weight excluding hydrogens is 154 g/mol. The second-order valence-electron chi connectivity index (χ2n) is 3.26. The van der Waals surface area contributed by atoms with Gasteiger partial charge in [-0.05, 0) is 19.4 Å². The van der Waals surface area contributed by atoms with Gasteiger partial charge in [-0.2, -0.15) is 0 Å². The molecule has 0 aromatic rings. The predicted molar refractivity (Wildman–Crippen MR) is 49.2 cm³/mol. The van der Waals surface area contributed by atoms with Gasteiger partial charge in [-0.25, -0.2) is 0 Å². The first-order chi connectivity index (χ1) is 5.61. The number of hydrogen-bond donors (Lipinski definition) is 2. The van der Waals surface area contributed by atoms with E-state index in [1.807, 2.05) is 14.0 Å². The van der Waals surface area contributed by atoms with Crippen LogP contribution in [0.2, 0.25) is 0 Å². The van der Waals surface area contributed by atoms with Crippen LogP contribution < -0.4 is 5.32 Å². The molecular formula is C9H19NO2. The van der Waals surface area contributed by atoms with Crippen molar-refractivity contribution in [2.45, 2.75) is 39.2 Å². The van der Waals surface area contributed by atoms with Crippen LogP contribution in [0.25, 0.3) is 0 Å². The van der Waals surface area contributed by atoms with E-state index in [0.29, 0.717) is 6.04 Å². The maximum Gasteiger partial charge on any atom is 0.303 e. The van der Waals surface area contributed by atoms with E-state index in [-0.39, 0.29) is 12.3 Å². The Kier molecular flexibility index (Phi) is 5.72. The van der Waals surface area contributed by atoms with Crippen molar-refractivity contribution in [2.24, 2.45) is 5.92 Å². The van der Waals surface area contributed by atoms with E-state index in [1.54, 1.807) is 0 Å². The molecule has 0 aliphatic carbocycles. The number of aliphatic carboxylic acids is 1. The minimum absolute atomic E-state index is 0.215. The summed E-state index contributed by atoms with van der Waals surface area (Å²) in [5, 5.41) is 11.7. The van der Waals surface area contributed by atoms with Crippen molar-refractivity contribution >= 4 is 5.97 Å². The SMILES string of the molecule is CCCC(NC)C(C)CC(=O)O. The van der Waals surface area contributed by atoms with Gasteiger partial charge in [0.2, 0.25) is 0 Å². The van der Waals surface area contributed by atoms with E-state index in [1.165, 1.54) is 0 Å². The first-order valence-corrected chi connectivity index (χ1v) is 4.50. The average Bonchev–Trinajstić information content (AvgIpc) is 1.98. The van der Waals surface area contributed by atoms with Gasteiger partial charge < -0.3 is 10.4 Å². The molecule has 3 nitrogen and oxygen atoms in total. The molecule has 0 spiro atoms. The van der Waals surface area contributed by atoms with E-state index in [9.17, 15) is 4.79 Å². The first-order valence-electron chi connectivity index (χ1n) is 4.50.